The number of aliphatic hydroxyl groups is 1. The quantitative estimate of drug-likeness (QED) is 0.889. The lowest BCUT2D eigenvalue weighted by Crippen LogP contribution is -2.29. The van der Waals surface area contributed by atoms with Crippen molar-refractivity contribution in [3.05, 3.63) is 40.6 Å². The van der Waals surface area contributed by atoms with Gasteiger partial charge in [-0.05, 0) is 43.2 Å². The maximum absolute atomic E-state index is 9.63. The number of thiophene rings is 1. The van der Waals surface area contributed by atoms with Gasteiger partial charge in [-0.3, -0.25) is 0 Å². The molecule has 3 atom stereocenters. The Bertz CT molecular complexity index is 537. The first-order valence-corrected chi connectivity index (χ1v) is 8.04. The standard InChI is InChI=1S/C15H21N3OS/c1-18-7-6-16-15(18)14(13-3-2-8-20-13)17-10-11-4-5-12(19)9-11/h2-3,6-8,11-12,14,17,19H,4-5,9-10H2,1H3. The van der Waals surface area contributed by atoms with Crippen LogP contribution in [0.5, 0.6) is 0 Å². The van der Waals surface area contributed by atoms with Crippen LogP contribution in [0.4, 0.5) is 0 Å². The van der Waals surface area contributed by atoms with E-state index < -0.39 is 0 Å². The van der Waals surface area contributed by atoms with Gasteiger partial charge in [0.25, 0.3) is 0 Å². The van der Waals surface area contributed by atoms with Crippen molar-refractivity contribution in [2.24, 2.45) is 13.0 Å². The molecule has 2 aromatic rings. The molecule has 3 unspecified atom stereocenters. The number of aromatic nitrogens is 2. The van der Waals surface area contributed by atoms with E-state index in [4.69, 9.17) is 0 Å². The highest BCUT2D eigenvalue weighted by molar-refractivity contribution is 7.10. The van der Waals surface area contributed by atoms with E-state index in [0.717, 1.165) is 31.6 Å². The van der Waals surface area contributed by atoms with Crippen LogP contribution in [0, 0.1) is 5.92 Å². The zero-order chi connectivity index (χ0) is 13.9. The van der Waals surface area contributed by atoms with Gasteiger partial charge in [0.2, 0.25) is 0 Å². The first-order valence-electron chi connectivity index (χ1n) is 7.16. The molecule has 0 aromatic carbocycles. The van der Waals surface area contributed by atoms with Crippen LogP contribution in [-0.4, -0.2) is 27.3 Å². The second-order valence-electron chi connectivity index (χ2n) is 5.59. The number of rotatable bonds is 5. The summed E-state index contributed by atoms with van der Waals surface area (Å²) in [6, 6.07) is 4.38. The van der Waals surface area contributed by atoms with Crippen molar-refractivity contribution < 1.29 is 5.11 Å². The van der Waals surface area contributed by atoms with Gasteiger partial charge in [0.15, 0.2) is 0 Å². The van der Waals surface area contributed by atoms with Gasteiger partial charge in [-0.1, -0.05) is 6.07 Å². The fourth-order valence-electron chi connectivity index (χ4n) is 2.95. The summed E-state index contributed by atoms with van der Waals surface area (Å²) < 4.78 is 2.07. The molecule has 1 aliphatic rings. The molecule has 0 aliphatic heterocycles. The lowest BCUT2D eigenvalue weighted by Gasteiger charge is -2.20. The minimum atomic E-state index is -0.102. The smallest absolute Gasteiger partial charge is 0.131 e. The normalized spacial score (nSPS) is 24.1. The van der Waals surface area contributed by atoms with Crippen LogP contribution >= 0.6 is 11.3 Å². The van der Waals surface area contributed by atoms with Crippen molar-refractivity contribution in [3.8, 4) is 0 Å². The molecule has 4 nitrogen and oxygen atoms in total. The Hall–Kier alpha value is -1.17. The molecular formula is C15H21N3OS. The molecule has 2 N–H and O–H groups in total. The molecule has 5 heteroatoms. The van der Waals surface area contributed by atoms with Gasteiger partial charge in [0.05, 0.1) is 6.10 Å². The summed E-state index contributed by atoms with van der Waals surface area (Å²) in [6.07, 6.45) is 6.71. The van der Waals surface area contributed by atoms with E-state index in [-0.39, 0.29) is 12.1 Å². The Morgan fingerprint density at radius 2 is 2.45 bits per heavy atom. The van der Waals surface area contributed by atoms with E-state index in [9.17, 15) is 5.11 Å². The third-order valence-electron chi connectivity index (χ3n) is 4.07. The van der Waals surface area contributed by atoms with Crippen LogP contribution in [0.2, 0.25) is 0 Å². The van der Waals surface area contributed by atoms with Gasteiger partial charge in [0, 0.05) is 24.3 Å². The highest BCUT2D eigenvalue weighted by atomic mass is 32.1. The minimum Gasteiger partial charge on any atom is -0.393 e. The highest BCUT2D eigenvalue weighted by Crippen LogP contribution is 2.28. The highest BCUT2D eigenvalue weighted by Gasteiger charge is 2.25. The molecule has 1 aliphatic carbocycles. The molecule has 20 heavy (non-hydrogen) atoms. The molecule has 0 radical (unpaired) electrons. The summed E-state index contributed by atoms with van der Waals surface area (Å²) in [6.45, 7) is 0.937. The van der Waals surface area contributed by atoms with Crippen LogP contribution in [0.1, 0.15) is 36.0 Å². The molecule has 1 fully saturated rings. The van der Waals surface area contributed by atoms with Crippen LogP contribution in [0.3, 0.4) is 0 Å². The second kappa shape index (κ2) is 6.08. The summed E-state index contributed by atoms with van der Waals surface area (Å²) in [7, 11) is 2.03. The predicted octanol–water partition coefficient (Wildman–Crippen LogP) is 2.32. The lowest BCUT2D eigenvalue weighted by molar-refractivity contribution is 0.177. The van der Waals surface area contributed by atoms with Crippen molar-refractivity contribution in [3.63, 3.8) is 0 Å². The fraction of sp³-hybridized carbons (Fsp3) is 0.533. The van der Waals surface area contributed by atoms with E-state index in [0.29, 0.717) is 5.92 Å². The number of imidazole rings is 1. The molecule has 0 amide bonds. The number of hydrogen-bond acceptors (Lipinski definition) is 4. The molecule has 108 valence electrons. The fourth-order valence-corrected chi connectivity index (χ4v) is 3.74. The van der Waals surface area contributed by atoms with Crippen LogP contribution in [-0.2, 0) is 7.05 Å². The van der Waals surface area contributed by atoms with Crippen molar-refractivity contribution in [2.45, 2.75) is 31.4 Å². The third-order valence-corrected chi connectivity index (χ3v) is 5.01. The first kappa shape index (κ1) is 13.8. The largest absolute Gasteiger partial charge is 0.393 e. The van der Waals surface area contributed by atoms with E-state index in [1.807, 2.05) is 19.4 Å². The average molecular weight is 291 g/mol. The number of nitrogens with zero attached hydrogens (tertiary/aromatic N) is 2. The second-order valence-corrected chi connectivity index (χ2v) is 6.57. The van der Waals surface area contributed by atoms with Crippen molar-refractivity contribution in [1.29, 1.82) is 0 Å². The van der Waals surface area contributed by atoms with E-state index in [1.54, 1.807) is 11.3 Å². The van der Waals surface area contributed by atoms with E-state index >= 15 is 0 Å². The molecular weight excluding hydrogens is 270 g/mol. The molecule has 0 spiro atoms. The Morgan fingerprint density at radius 1 is 1.55 bits per heavy atom. The Labute approximate surface area is 123 Å². The molecule has 0 saturated heterocycles. The Morgan fingerprint density at radius 3 is 3.05 bits per heavy atom. The summed E-state index contributed by atoms with van der Waals surface area (Å²) in [5.74, 6) is 1.62. The van der Waals surface area contributed by atoms with Crippen molar-refractivity contribution >= 4 is 11.3 Å². The van der Waals surface area contributed by atoms with E-state index in [1.165, 1.54) is 4.88 Å². The van der Waals surface area contributed by atoms with Gasteiger partial charge in [-0.2, -0.15) is 0 Å². The van der Waals surface area contributed by atoms with Crippen LogP contribution in [0.25, 0.3) is 0 Å². The lowest BCUT2D eigenvalue weighted by atomic mass is 10.1. The third kappa shape index (κ3) is 2.95. The first-order chi connectivity index (χ1) is 9.74. The average Bonchev–Trinajstić information content (AvgIpc) is 3.14. The van der Waals surface area contributed by atoms with Crippen LogP contribution < -0.4 is 5.32 Å². The molecule has 2 aromatic heterocycles. The molecule has 3 rings (SSSR count). The maximum Gasteiger partial charge on any atom is 0.131 e. The maximum atomic E-state index is 9.63. The Kier molecular flexibility index (Phi) is 4.19. The van der Waals surface area contributed by atoms with Gasteiger partial charge in [-0.25, -0.2) is 4.98 Å². The van der Waals surface area contributed by atoms with Crippen molar-refractivity contribution in [1.82, 2.24) is 14.9 Å². The predicted molar refractivity (Wildman–Crippen MR) is 80.7 cm³/mol. The minimum absolute atomic E-state index is 0.102. The molecule has 0 bridgehead atoms. The van der Waals surface area contributed by atoms with Gasteiger partial charge in [-0.15, -0.1) is 11.3 Å². The van der Waals surface area contributed by atoms with E-state index in [2.05, 4.69) is 32.4 Å². The summed E-state index contributed by atoms with van der Waals surface area (Å²) >= 11 is 1.76. The SMILES string of the molecule is Cn1ccnc1C(NCC1CCC(O)C1)c1cccs1. The number of hydrogen-bond donors (Lipinski definition) is 2. The summed E-state index contributed by atoms with van der Waals surface area (Å²) in [5.41, 5.74) is 0. The zero-order valence-corrected chi connectivity index (χ0v) is 12.5. The zero-order valence-electron chi connectivity index (χ0n) is 11.7. The monoisotopic (exact) mass is 291 g/mol. The van der Waals surface area contributed by atoms with Crippen molar-refractivity contribution in [2.75, 3.05) is 6.54 Å². The summed E-state index contributed by atoms with van der Waals surface area (Å²) in [5, 5.41) is 15.4. The molecule has 1 saturated carbocycles. The van der Waals surface area contributed by atoms with Crippen LogP contribution in [0.15, 0.2) is 29.9 Å². The summed E-state index contributed by atoms with van der Waals surface area (Å²) in [4.78, 5) is 5.78. The Balaban J connectivity index is 1.72. The topological polar surface area (TPSA) is 50.1 Å². The number of aryl methyl sites for hydroxylation is 1. The molecule has 2 heterocycles. The van der Waals surface area contributed by atoms with Gasteiger partial charge < -0.3 is 15.0 Å². The number of aliphatic hydroxyl groups excluding tert-OH is 1. The van der Waals surface area contributed by atoms with Gasteiger partial charge >= 0.3 is 0 Å². The van der Waals surface area contributed by atoms with Gasteiger partial charge in [0.1, 0.15) is 11.9 Å². The number of nitrogens with one attached hydrogen (secondary N) is 1.